The lowest BCUT2D eigenvalue weighted by atomic mass is 10.1. The van der Waals surface area contributed by atoms with E-state index >= 15 is 0 Å². The third-order valence-corrected chi connectivity index (χ3v) is 6.96. The molecule has 10 nitrogen and oxygen atoms in total. The van der Waals surface area contributed by atoms with Crippen LogP contribution in [-0.2, 0) is 6.18 Å². The quantitative estimate of drug-likeness (QED) is 0.236. The number of hydrogen-bond donors (Lipinski definition) is 4. The summed E-state index contributed by atoms with van der Waals surface area (Å²) in [6.45, 7) is 3.52. The molecule has 6 rings (SSSR count). The Kier molecular flexibility index (Phi) is 6.94. The molecule has 4 aromatic rings. The Hall–Kier alpha value is -5.04. The summed E-state index contributed by atoms with van der Waals surface area (Å²) >= 11 is 0. The topological polar surface area (TPSA) is 114 Å². The molecule has 2 aromatic heterocycles. The van der Waals surface area contributed by atoms with E-state index in [-0.39, 0.29) is 16.9 Å². The van der Waals surface area contributed by atoms with Crippen LogP contribution in [0.4, 0.5) is 42.1 Å². The summed E-state index contributed by atoms with van der Waals surface area (Å²) < 4.78 is 43.7. The highest BCUT2D eigenvalue weighted by Crippen LogP contribution is 2.35. The smallest absolute Gasteiger partial charge is 0.351 e. The van der Waals surface area contributed by atoms with Gasteiger partial charge in [-0.25, -0.2) is 19.9 Å². The van der Waals surface area contributed by atoms with Crippen molar-refractivity contribution >= 4 is 40.7 Å². The molecule has 2 aliphatic rings. The van der Waals surface area contributed by atoms with Gasteiger partial charge in [0.05, 0.1) is 6.20 Å². The lowest BCUT2D eigenvalue weighted by Gasteiger charge is -2.17. The highest BCUT2D eigenvalue weighted by molar-refractivity contribution is 6.05. The van der Waals surface area contributed by atoms with Crippen LogP contribution in [0.1, 0.15) is 41.3 Å². The first kappa shape index (κ1) is 27.1. The number of halogens is 3. The van der Waals surface area contributed by atoms with Gasteiger partial charge in [-0.05, 0) is 55.7 Å². The van der Waals surface area contributed by atoms with Gasteiger partial charge in [0.25, 0.3) is 5.91 Å². The number of anilines is 4. The van der Waals surface area contributed by atoms with Gasteiger partial charge in [0.2, 0.25) is 17.7 Å². The van der Waals surface area contributed by atoms with Crippen LogP contribution in [0.3, 0.4) is 0 Å². The molecule has 1 fully saturated rings. The summed E-state index contributed by atoms with van der Waals surface area (Å²) in [5.41, 5.74) is 0.876. The summed E-state index contributed by atoms with van der Waals surface area (Å²) in [7, 11) is 0. The highest BCUT2D eigenvalue weighted by Gasteiger charge is 2.38. The number of rotatable bonds is 8. The fraction of sp³-hybridized carbons (Fsp3) is 0.207. The third-order valence-electron chi connectivity index (χ3n) is 6.96. The van der Waals surface area contributed by atoms with E-state index in [2.05, 4.69) is 35.9 Å². The Balaban J connectivity index is 1.22. The molecule has 2 aromatic carbocycles. The maximum atomic E-state index is 14.0. The van der Waals surface area contributed by atoms with E-state index < -0.39 is 17.6 Å². The van der Waals surface area contributed by atoms with Gasteiger partial charge in [0, 0.05) is 54.6 Å². The molecule has 3 heterocycles. The third kappa shape index (κ3) is 5.72. The van der Waals surface area contributed by atoms with E-state index in [4.69, 9.17) is 0 Å². The zero-order chi connectivity index (χ0) is 29.4. The Labute approximate surface area is 239 Å². The number of carbonyl (C=O) groups excluding carboxylic acids is 1. The molecule has 42 heavy (non-hydrogen) atoms. The number of aryl methyl sites for hydroxylation is 1. The van der Waals surface area contributed by atoms with E-state index in [1.165, 1.54) is 18.3 Å². The number of nitrogens with zero attached hydrogens (tertiary/aromatic N) is 5. The number of alkyl halides is 3. The van der Waals surface area contributed by atoms with Gasteiger partial charge in [0.15, 0.2) is 5.69 Å². The second-order valence-electron chi connectivity index (χ2n) is 10.1. The molecule has 4 N–H and O–H groups in total. The zero-order valence-corrected chi connectivity index (χ0v) is 22.7. The van der Waals surface area contributed by atoms with Crippen molar-refractivity contribution in [2.75, 3.05) is 16.0 Å². The number of nitrogens with one attached hydrogen (secondary N) is 4. The number of carbonyl (C=O) groups is 1. The Morgan fingerprint density at radius 1 is 1.05 bits per heavy atom. The van der Waals surface area contributed by atoms with E-state index in [0.717, 1.165) is 24.5 Å². The predicted molar refractivity (Wildman–Crippen MR) is 153 cm³/mol. The van der Waals surface area contributed by atoms with Gasteiger partial charge < -0.3 is 16.0 Å². The molecule has 1 atom stereocenters. The molecule has 0 spiro atoms. The lowest BCUT2D eigenvalue weighted by Crippen LogP contribution is -3.04. The van der Waals surface area contributed by atoms with E-state index in [9.17, 15) is 18.0 Å². The monoisotopic (exact) mass is 574 g/mol. The summed E-state index contributed by atoms with van der Waals surface area (Å²) in [6, 6.07) is 10.9. The number of amides is 1. The van der Waals surface area contributed by atoms with E-state index in [0.29, 0.717) is 40.2 Å². The fourth-order valence-corrected chi connectivity index (χ4v) is 4.56. The molecule has 1 saturated carbocycles. The van der Waals surface area contributed by atoms with Crippen LogP contribution in [0.15, 0.2) is 78.4 Å². The number of imidazole rings is 1. The number of hydrogen-bond acceptors (Lipinski definition) is 7. The molecule has 0 bridgehead atoms. The lowest BCUT2D eigenvalue weighted by molar-refractivity contribution is -0.665. The van der Waals surface area contributed by atoms with Crippen LogP contribution in [0, 0.1) is 6.92 Å². The minimum Gasteiger partial charge on any atom is -0.351 e. The van der Waals surface area contributed by atoms with Crippen molar-refractivity contribution in [3.8, 4) is 5.82 Å². The van der Waals surface area contributed by atoms with Gasteiger partial charge in [-0.2, -0.15) is 18.2 Å². The molecule has 1 aliphatic heterocycles. The second-order valence-corrected chi connectivity index (χ2v) is 10.1. The van der Waals surface area contributed by atoms with Gasteiger partial charge in [-0.1, -0.05) is 6.07 Å². The van der Waals surface area contributed by atoms with Crippen molar-refractivity contribution in [3.05, 3.63) is 90.1 Å². The van der Waals surface area contributed by atoms with Crippen molar-refractivity contribution in [3.63, 3.8) is 0 Å². The van der Waals surface area contributed by atoms with Crippen LogP contribution < -0.4 is 20.9 Å². The van der Waals surface area contributed by atoms with Crippen LogP contribution in [-0.4, -0.2) is 37.3 Å². The first-order valence-electron chi connectivity index (χ1n) is 13.3. The van der Waals surface area contributed by atoms with Crippen LogP contribution >= 0.6 is 0 Å². The standard InChI is InChI=1S/C29H26F3N9O/c1-17-3-4-19(26(42)36-21-7-8-24(22(16-21)29(30,31)32)40-13-11-33-18(40)2)15-23(17)38-28-35-12-14-41(28)25-9-10-34-27(39-25)37-20-5-6-20/h3-4,7-16,20H,5-6H2,1-2H3,(H,35,38)(H,36,42)(H,34,37,39)/p+1. The first-order chi connectivity index (χ1) is 20.2. The van der Waals surface area contributed by atoms with Gasteiger partial charge >= 0.3 is 6.18 Å². The maximum Gasteiger partial charge on any atom is 0.422 e. The van der Waals surface area contributed by atoms with Crippen molar-refractivity contribution < 1.29 is 22.9 Å². The molecule has 1 aliphatic carbocycles. The largest absolute Gasteiger partial charge is 0.422 e. The molecule has 1 unspecified atom stereocenters. The molecule has 13 heteroatoms. The minimum absolute atomic E-state index is 0.00644. The molecule has 0 saturated heterocycles. The summed E-state index contributed by atoms with van der Waals surface area (Å²) in [4.78, 5) is 30.9. The van der Waals surface area contributed by atoms with Crippen LogP contribution in [0.2, 0.25) is 0 Å². The second kappa shape index (κ2) is 10.7. The van der Waals surface area contributed by atoms with Crippen molar-refractivity contribution in [1.82, 2.24) is 19.5 Å². The summed E-state index contributed by atoms with van der Waals surface area (Å²) in [5, 5.41) is 9.12. The highest BCUT2D eigenvalue weighted by atomic mass is 19.4. The number of quaternary nitrogens is 1. The number of amidine groups is 1. The average molecular weight is 575 g/mol. The number of benzene rings is 2. The van der Waals surface area contributed by atoms with Gasteiger partial charge in [-0.15, -0.1) is 0 Å². The minimum atomic E-state index is -4.62. The Morgan fingerprint density at radius 3 is 2.62 bits per heavy atom. The number of aliphatic imine (C=N–C) groups is 1. The summed E-state index contributed by atoms with van der Waals surface area (Å²) in [5.74, 6) is 1.55. The van der Waals surface area contributed by atoms with Crippen LogP contribution in [0.5, 0.6) is 0 Å². The fourth-order valence-electron chi connectivity index (χ4n) is 4.56. The van der Waals surface area contributed by atoms with Crippen molar-refractivity contribution in [2.45, 2.75) is 38.9 Å². The van der Waals surface area contributed by atoms with Gasteiger partial charge in [0.1, 0.15) is 17.6 Å². The van der Waals surface area contributed by atoms with Gasteiger partial charge in [-0.3, -0.25) is 9.36 Å². The molecular weight excluding hydrogens is 547 g/mol. The molecule has 1 amide bonds. The first-order valence-corrected chi connectivity index (χ1v) is 13.3. The normalized spacial score (nSPS) is 16.3. The van der Waals surface area contributed by atoms with Crippen molar-refractivity contribution in [2.24, 2.45) is 4.99 Å². The molecule has 214 valence electrons. The zero-order valence-electron chi connectivity index (χ0n) is 22.7. The maximum absolute atomic E-state index is 14.0. The molecule has 0 radical (unpaired) electrons. The Bertz CT molecular complexity index is 1720. The average Bonchev–Trinajstić information content (AvgIpc) is 3.47. The molecular formula is C29H27F3N9O+. The van der Waals surface area contributed by atoms with Crippen molar-refractivity contribution in [1.29, 1.82) is 0 Å². The van der Waals surface area contributed by atoms with E-state index in [1.807, 2.05) is 6.92 Å². The van der Waals surface area contributed by atoms with Crippen LogP contribution in [0.25, 0.3) is 5.82 Å². The summed E-state index contributed by atoms with van der Waals surface area (Å²) in [6.07, 6.45) is 5.62. The number of aromatic nitrogens is 4. The van der Waals surface area contributed by atoms with E-state index in [1.54, 1.807) is 60.5 Å². The predicted octanol–water partition coefficient (Wildman–Crippen LogP) is 4.98. The Morgan fingerprint density at radius 2 is 1.88 bits per heavy atom. The SMILES string of the molecule is CC1=NC=C[NH+]1c1ccc(NC(=O)c2ccc(C)c(Nc3nccn3-c3ccnc(NC4CC4)n3)c2)cc1C(F)(F)F.